The van der Waals surface area contributed by atoms with Gasteiger partial charge in [0.25, 0.3) is 0 Å². The number of H-pyrrole nitrogens is 1. The van der Waals surface area contributed by atoms with Crippen LogP contribution in [-0.2, 0) is 0 Å². The van der Waals surface area contributed by atoms with Crippen LogP contribution in [0.15, 0.2) is 18.7 Å². The molecule has 0 aliphatic carbocycles. The molecule has 0 saturated heterocycles. The lowest BCUT2D eigenvalue weighted by atomic mass is 10.0. The number of aromatic nitrogens is 2. The Morgan fingerprint density at radius 1 is 0.810 bits per heavy atom. The highest BCUT2D eigenvalue weighted by Crippen LogP contribution is 2.17. The van der Waals surface area contributed by atoms with Gasteiger partial charge in [0.05, 0.1) is 0 Å². The quantitative estimate of drug-likeness (QED) is 0.426. The minimum Gasteiger partial charge on any atom is -1.00 e. The van der Waals surface area contributed by atoms with Gasteiger partial charge >= 0.3 is 0 Å². The van der Waals surface area contributed by atoms with Gasteiger partial charge in [0.1, 0.15) is 18.4 Å². The Morgan fingerprint density at radius 3 is 1.95 bits per heavy atom. The zero-order valence-electron chi connectivity index (χ0n) is 14.1. The van der Waals surface area contributed by atoms with Crippen molar-refractivity contribution in [3.05, 3.63) is 18.7 Å². The molecule has 1 aromatic heterocycles. The maximum Gasteiger partial charge on any atom is 0.241 e. The van der Waals surface area contributed by atoms with Crippen LogP contribution in [0.25, 0.3) is 0 Å². The van der Waals surface area contributed by atoms with Crippen molar-refractivity contribution >= 4 is 0 Å². The smallest absolute Gasteiger partial charge is 0.241 e. The van der Waals surface area contributed by atoms with Crippen molar-refractivity contribution in [3.8, 4) is 0 Å². The first-order valence-electron chi connectivity index (χ1n) is 8.92. The van der Waals surface area contributed by atoms with E-state index in [2.05, 4.69) is 35.9 Å². The Bertz CT molecular complexity index is 298. The second-order valence-corrected chi connectivity index (χ2v) is 6.12. The number of nitrogens with one attached hydrogen (secondary N) is 1. The van der Waals surface area contributed by atoms with E-state index >= 15 is 0 Å². The summed E-state index contributed by atoms with van der Waals surface area (Å²) in [7, 11) is 0. The van der Waals surface area contributed by atoms with E-state index in [9.17, 15) is 0 Å². The fourth-order valence-electron chi connectivity index (χ4n) is 2.99. The number of nitrogens with zero attached hydrogens (tertiary/aromatic N) is 1. The maximum absolute atomic E-state index is 3.17. The lowest BCUT2D eigenvalue weighted by Gasteiger charge is -2.12. The molecule has 0 amide bonds. The summed E-state index contributed by atoms with van der Waals surface area (Å²) in [5.41, 5.74) is 0. The lowest BCUT2D eigenvalue weighted by Crippen LogP contribution is -3.00. The molecule has 0 aliphatic rings. The molecule has 1 N–H and O–H groups in total. The molecule has 2 nitrogen and oxygen atoms in total. The molecule has 0 saturated carbocycles. The number of rotatable bonds is 13. The molecule has 0 fully saturated rings. The van der Waals surface area contributed by atoms with Crippen LogP contribution in [0, 0.1) is 0 Å². The average Bonchev–Trinajstić information content (AvgIpc) is 2.98. The van der Waals surface area contributed by atoms with Crippen molar-refractivity contribution in [1.82, 2.24) is 4.98 Å². The van der Waals surface area contributed by atoms with Gasteiger partial charge in [-0.1, -0.05) is 71.6 Å². The average molecular weight is 315 g/mol. The number of hydrogen-bond acceptors (Lipinski definition) is 0. The number of halogens is 1. The molecular formula is C18H35ClN2. The normalized spacial score (nSPS) is 12.1. The van der Waals surface area contributed by atoms with Crippen LogP contribution in [0.5, 0.6) is 0 Å². The second kappa shape index (κ2) is 14.4. The van der Waals surface area contributed by atoms with Crippen molar-refractivity contribution in [2.24, 2.45) is 0 Å². The van der Waals surface area contributed by atoms with Crippen LogP contribution in [0.2, 0.25) is 0 Å². The van der Waals surface area contributed by atoms with Gasteiger partial charge in [0.2, 0.25) is 6.33 Å². The molecule has 1 rings (SSSR count). The first kappa shape index (κ1) is 20.5. The van der Waals surface area contributed by atoms with E-state index in [1.165, 1.54) is 77.0 Å². The third-order valence-electron chi connectivity index (χ3n) is 4.25. The summed E-state index contributed by atoms with van der Waals surface area (Å²) in [6.07, 6.45) is 23.0. The fraction of sp³-hybridized carbons (Fsp3) is 0.833. The van der Waals surface area contributed by atoms with E-state index in [0.717, 1.165) is 0 Å². The van der Waals surface area contributed by atoms with E-state index in [4.69, 9.17) is 0 Å². The summed E-state index contributed by atoms with van der Waals surface area (Å²) < 4.78 is 2.36. The number of imidazole rings is 1. The first-order chi connectivity index (χ1) is 9.88. The monoisotopic (exact) mass is 314 g/mol. The van der Waals surface area contributed by atoms with Crippen LogP contribution < -0.4 is 17.0 Å². The molecule has 1 heterocycles. The van der Waals surface area contributed by atoms with Crippen molar-refractivity contribution < 1.29 is 17.0 Å². The SMILES string of the molecule is CCCCCCCCCCCC(CCC)[n+]1cc[nH]c1.[Cl-]. The van der Waals surface area contributed by atoms with Crippen LogP contribution in [0.3, 0.4) is 0 Å². The van der Waals surface area contributed by atoms with E-state index < -0.39 is 0 Å². The summed E-state index contributed by atoms with van der Waals surface area (Å²) in [6, 6.07) is 0.704. The Balaban J connectivity index is 0.00000400. The highest BCUT2D eigenvalue weighted by atomic mass is 35.5. The van der Waals surface area contributed by atoms with Gasteiger partial charge in [-0.05, 0) is 19.3 Å². The largest absolute Gasteiger partial charge is 1.00 e. The molecule has 124 valence electrons. The number of hydrogen-bond donors (Lipinski definition) is 1. The molecule has 0 spiro atoms. The third kappa shape index (κ3) is 9.95. The van der Waals surface area contributed by atoms with Gasteiger partial charge in [-0.25, -0.2) is 4.57 Å². The zero-order chi connectivity index (χ0) is 14.5. The summed E-state index contributed by atoms with van der Waals surface area (Å²) in [6.45, 7) is 4.58. The van der Waals surface area contributed by atoms with Gasteiger partial charge in [-0.3, -0.25) is 4.98 Å². The highest BCUT2D eigenvalue weighted by molar-refractivity contribution is 4.60. The van der Waals surface area contributed by atoms with E-state index in [0.29, 0.717) is 6.04 Å². The fourth-order valence-corrected chi connectivity index (χ4v) is 2.99. The molecule has 0 bridgehead atoms. The Labute approximate surface area is 138 Å². The molecule has 1 unspecified atom stereocenters. The summed E-state index contributed by atoms with van der Waals surface area (Å²) >= 11 is 0. The van der Waals surface area contributed by atoms with Gasteiger partial charge in [-0.2, -0.15) is 0 Å². The first-order valence-corrected chi connectivity index (χ1v) is 8.92. The molecule has 0 radical (unpaired) electrons. The lowest BCUT2D eigenvalue weighted by molar-refractivity contribution is -0.723. The standard InChI is InChI=1S/C18H34N2.ClH/c1-3-5-6-7-8-9-10-11-12-14-18(13-4-2)20-16-15-19-17-20;/h15-18H,3-14H2,1-2H3;1H. The van der Waals surface area contributed by atoms with Crippen LogP contribution in [0.4, 0.5) is 0 Å². The van der Waals surface area contributed by atoms with Crippen molar-refractivity contribution in [2.75, 3.05) is 0 Å². The zero-order valence-corrected chi connectivity index (χ0v) is 14.9. The van der Waals surface area contributed by atoms with Gasteiger partial charge in [0.15, 0.2) is 0 Å². The molecule has 0 aliphatic heterocycles. The predicted octanol–water partition coefficient (Wildman–Crippen LogP) is 2.57. The third-order valence-corrected chi connectivity index (χ3v) is 4.25. The Hall–Kier alpha value is -0.500. The van der Waals surface area contributed by atoms with E-state index in [1.807, 2.05) is 6.20 Å². The molecule has 1 aromatic rings. The maximum atomic E-state index is 3.17. The molecular weight excluding hydrogens is 280 g/mol. The topological polar surface area (TPSA) is 19.7 Å². The molecule has 3 heteroatoms. The van der Waals surface area contributed by atoms with E-state index in [1.54, 1.807) is 0 Å². The minimum absolute atomic E-state index is 0. The highest BCUT2D eigenvalue weighted by Gasteiger charge is 2.13. The van der Waals surface area contributed by atoms with Crippen LogP contribution in [0.1, 0.15) is 96.9 Å². The molecule has 21 heavy (non-hydrogen) atoms. The van der Waals surface area contributed by atoms with Crippen molar-refractivity contribution in [1.29, 1.82) is 0 Å². The summed E-state index contributed by atoms with van der Waals surface area (Å²) in [5.74, 6) is 0. The van der Waals surface area contributed by atoms with Crippen molar-refractivity contribution in [3.63, 3.8) is 0 Å². The predicted molar refractivity (Wildman–Crippen MR) is 86.8 cm³/mol. The number of unbranched alkanes of at least 4 members (excludes halogenated alkanes) is 8. The molecule has 1 atom stereocenters. The molecule has 0 aromatic carbocycles. The van der Waals surface area contributed by atoms with Gasteiger partial charge in [0, 0.05) is 0 Å². The van der Waals surface area contributed by atoms with Gasteiger partial charge < -0.3 is 12.4 Å². The van der Waals surface area contributed by atoms with Crippen molar-refractivity contribution in [2.45, 2.75) is 96.9 Å². The van der Waals surface area contributed by atoms with Gasteiger partial charge in [-0.15, -0.1) is 0 Å². The minimum atomic E-state index is 0. The Kier molecular flexibility index (Phi) is 14.1. The Morgan fingerprint density at radius 2 is 1.43 bits per heavy atom. The number of aromatic amines is 1. The van der Waals surface area contributed by atoms with Crippen LogP contribution in [-0.4, -0.2) is 4.98 Å². The van der Waals surface area contributed by atoms with E-state index in [-0.39, 0.29) is 12.4 Å². The summed E-state index contributed by atoms with van der Waals surface area (Å²) in [4.78, 5) is 3.17. The second-order valence-electron chi connectivity index (χ2n) is 6.12. The summed E-state index contributed by atoms with van der Waals surface area (Å²) in [5, 5.41) is 0. The van der Waals surface area contributed by atoms with Crippen LogP contribution >= 0.6 is 0 Å².